The van der Waals surface area contributed by atoms with Crippen molar-refractivity contribution in [2.75, 3.05) is 12.3 Å². The first kappa shape index (κ1) is 14.6. The minimum atomic E-state index is -0.444. The van der Waals surface area contributed by atoms with Crippen molar-refractivity contribution in [3.05, 3.63) is 51.6 Å². The molecule has 2 rings (SSSR count). The SMILES string of the molecule is CCOC(=O)c1cc(N)ccc1Oc1ccc(I)cc1. The highest BCUT2D eigenvalue weighted by Gasteiger charge is 2.15. The lowest BCUT2D eigenvalue weighted by Gasteiger charge is -2.11. The highest BCUT2D eigenvalue weighted by Crippen LogP contribution is 2.28. The largest absolute Gasteiger partial charge is 0.462 e. The molecule has 0 bridgehead atoms. The molecule has 0 amide bonds. The van der Waals surface area contributed by atoms with E-state index in [0.29, 0.717) is 29.4 Å². The summed E-state index contributed by atoms with van der Waals surface area (Å²) in [5.41, 5.74) is 6.52. The number of benzene rings is 2. The molecule has 0 heterocycles. The summed E-state index contributed by atoms with van der Waals surface area (Å²) in [6.07, 6.45) is 0. The number of nitrogens with two attached hydrogens (primary N) is 1. The third-order valence-electron chi connectivity index (χ3n) is 2.54. The van der Waals surface area contributed by atoms with Crippen LogP contribution in [-0.2, 0) is 4.74 Å². The Morgan fingerprint density at radius 1 is 1.20 bits per heavy atom. The molecule has 0 spiro atoms. The van der Waals surface area contributed by atoms with Crippen LogP contribution in [-0.4, -0.2) is 12.6 Å². The van der Waals surface area contributed by atoms with Gasteiger partial charge in [-0.05, 0) is 72.0 Å². The van der Waals surface area contributed by atoms with Crippen molar-refractivity contribution >= 4 is 34.2 Å². The summed E-state index contributed by atoms with van der Waals surface area (Å²) in [7, 11) is 0. The summed E-state index contributed by atoms with van der Waals surface area (Å²) in [4.78, 5) is 11.9. The summed E-state index contributed by atoms with van der Waals surface area (Å²) < 4.78 is 11.8. The number of halogens is 1. The first-order valence-corrected chi connectivity index (χ1v) is 7.18. The van der Waals surface area contributed by atoms with Crippen LogP contribution in [0.3, 0.4) is 0 Å². The van der Waals surface area contributed by atoms with E-state index < -0.39 is 5.97 Å². The van der Waals surface area contributed by atoms with Gasteiger partial charge in [-0.1, -0.05) is 0 Å². The molecule has 20 heavy (non-hydrogen) atoms. The van der Waals surface area contributed by atoms with Crippen LogP contribution in [0.5, 0.6) is 11.5 Å². The van der Waals surface area contributed by atoms with E-state index in [0.717, 1.165) is 3.57 Å². The fourth-order valence-corrected chi connectivity index (χ4v) is 1.99. The number of carbonyl (C=O) groups excluding carboxylic acids is 1. The molecule has 0 atom stereocenters. The molecule has 0 unspecified atom stereocenters. The lowest BCUT2D eigenvalue weighted by molar-refractivity contribution is 0.0523. The molecule has 2 aromatic rings. The van der Waals surface area contributed by atoms with E-state index in [1.165, 1.54) is 0 Å². The van der Waals surface area contributed by atoms with Crippen molar-refractivity contribution in [2.24, 2.45) is 0 Å². The van der Waals surface area contributed by atoms with E-state index in [1.54, 1.807) is 25.1 Å². The Morgan fingerprint density at radius 2 is 1.90 bits per heavy atom. The topological polar surface area (TPSA) is 61.5 Å². The van der Waals surface area contributed by atoms with Gasteiger partial charge in [0.25, 0.3) is 0 Å². The molecule has 0 aliphatic rings. The Morgan fingerprint density at radius 3 is 2.55 bits per heavy atom. The molecule has 5 heteroatoms. The predicted octanol–water partition coefficient (Wildman–Crippen LogP) is 3.84. The Balaban J connectivity index is 2.31. The summed E-state index contributed by atoms with van der Waals surface area (Å²) in [5, 5.41) is 0. The Labute approximate surface area is 131 Å². The highest BCUT2D eigenvalue weighted by atomic mass is 127. The van der Waals surface area contributed by atoms with Crippen LogP contribution in [0, 0.1) is 3.57 Å². The monoisotopic (exact) mass is 383 g/mol. The van der Waals surface area contributed by atoms with Gasteiger partial charge < -0.3 is 15.2 Å². The third kappa shape index (κ3) is 3.63. The van der Waals surface area contributed by atoms with Crippen LogP contribution in [0.2, 0.25) is 0 Å². The van der Waals surface area contributed by atoms with Crippen LogP contribution >= 0.6 is 22.6 Å². The first-order chi connectivity index (χ1) is 9.60. The van der Waals surface area contributed by atoms with Crippen LogP contribution in [0.15, 0.2) is 42.5 Å². The van der Waals surface area contributed by atoms with Gasteiger partial charge in [0.1, 0.15) is 17.1 Å². The number of esters is 1. The number of rotatable bonds is 4. The van der Waals surface area contributed by atoms with Crippen molar-refractivity contribution in [2.45, 2.75) is 6.92 Å². The zero-order valence-corrected chi connectivity index (χ0v) is 13.1. The van der Waals surface area contributed by atoms with E-state index in [4.69, 9.17) is 15.2 Å². The predicted molar refractivity (Wildman–Crippen MR) is 86.0 cm³/mol. The van der Waals surface area contributed by atoms with E-state index in [2.05, 4.69) is 22.6 Å². The molecule has 0 aromatic heterocycles. The van der Waals surface area contributed by atoms with Crippen molar-refractivity contribution in [1.82, 2.24) is 0 Å². The van der Waals surface area contributed by atoms with Gasteiger partial charge in [-0.3, -0.25) is 0 Å². The van der Waals surface area contributed by atoms with Crippen molar-refractivity contribution in [3.8, 4) is 11.5 Å². The molecule has 0 fully saturated rings. The van der Waals surface area contributed by atoms with Gasteiger partial charge in [-0.2, -0.15) is 0 Å². The van der Waals surface area contributed by atoms with Crippen LogP contribution in [0.1, 0.15) is 17.3 Å². The second kappa shape index (κ2) is 6.60. The molecule has 0 radical (unpaired) electrons. The first-order valence-electron chi connectivity index (χ1n) is 6.10. The van der Waals surface area contributed by atoms with Crippen molar-refractivity contribution in [3.63, 3.8) is 0 Å². The molecule has 2 N–H and O–H groups in total. The summed E-state index contributed by atoms with van der Waals surface area (Å²) in [6.45, 7) is 2.06. The number of anilines is 1. The van der Waals surface area contributed by atoms with Crippen molar-refractivity contribution in [1.29, 1.82) is 0 Å². The minimum absolute atomic E-state index is 0.302. The smallest absolute Gasteiger partial charge is 0.342 e. The fraction of sp³-hybridized carbons (Fsp3) is 0.133. The van der Waals surface area contributed by atoms with Gasteiger partial charge in [0, 0.05) is 9.26 Å². The molecule has 0 saturated heterocycles. The second-order valence-corrected chi connectivity index (χ2v) is 5.28. The van der Waals surface area contributed by atoms with Gasteiger partial charge >= 0.3 is 5.97 Å². The molecule has 0 aliphatic carbocycles. The van der Waals surface area contributed by atoms with Crippen LogP contribution in [0.4, 0.5) is 5.69 Å². The maximum Gasteiger partial charge on any atom is 0.342 e. The molecule has 0 aliphatic heterocycles. The van der Waals surface area contributed by atoms with Gasteiger partial charge in [-0.15, -0.1) is 0 Å². The zero-order valence-electron chi connectivity index (χ0n) is 10.9. The van der Waals surface area contributed by atoms with E-state index in [-0.39, 0.29) is 0 Å². The van der Waals surface area contributed by atoms with E-state index >= 15 is 0 Å². The standard InChI is InChI=1S/C15H14INO3/c1-2-19-15(18)13-9-11(17)5-8-14(13)20-12-6-3-10(16)4-7-12/h3-9H,2,17H2,1H3. The summed E-state index contributed by atoms with van der Waals surface area (Å²) in [5.74, 6) is 0.639. The quantitative estimate of drug-likeness (QED) is 0.495. The molecular formula is C15H14INO3. The van der Waals surface area contributed by atoms with Gasteiger partial charge in [0.05, 0.1) is 6.61 Å². The minimum Gasteiger partial charge on any atom is -0.462 e. The molecule has 2 aromatic carbocycles. The maximum absolute atomic E-state index is 11.9. The number of hydrogen-bond donors (Lipinski definition) is 1. The average Bonchev–Trinajstić information content (AvgIpc) is 2.43. The zero-order chi connectivity index (χ0) is 14.5. The molecular weight excluding hydrogens is 369 g/mol. The second-order valence-electron chi connectivity index (χ2n) is 4.03. The Kier molecular flexibility index (Phi) is 4.84. The molecule has 104 valence electrons. The fourth-order valence-electron chi connectivity index (χ4n) is 1.63. The van der Waals surface area contributed by atoms with Crippen LogP contribution < -0.4 is 10.5 Å². The highest BCUT2D eigenvalue weighted by molar-refractivity contribution is 14.1. The van der Waals surface area contributed by atoms with E-state index in [9.17, 15) is 4.79 Å². The normalized spacial score (nSPS) is 10.1. The third-order valence-corrected chi connectivity index (χ3v) is 3.26. The summed E-state index contributed by atoms with van der Waals surface area (Å²) in [6, 6.07) is 12.4. The lowest BCUT2D eigenvalue weighted by Crippen LogP contribution is -2.07. The summed E-state index contributed by atoms with van der Waals surface area (Å²) >= 11 is 2.21. The Hall–Kier alpha value is -1.76. The number of ether oxygens (including phenoxy) is 2. The number of nitrogen functional groups attached to an aromatic ring is 1. The molecule has 4 nitrogen and oxygen atoms in total. The van der Waals surface area contributed by atoms with Crippen LogP contribution in [0.25, 0.3) is 0 Å². The average molecular weight is 383 g/mol. The maximum atomic E-state index is 11.9. The van der Waals surface area contributed by atoms with Gasteiger partial charge in [0.2, 0.25) is 0 Å². The molecule has 0 saturated carbocycles. The lowest BCUT2D eigenvalue weighted by atomic mass is 10.2. The Bertz CT molecular complexity index is 611. The number of hydrogen-bond acceptors (Lipinski definition) is 4. The van der Waals surface area contributed by atoms with Gasteiger partial charge in [0.15, 0.2) is 0 Å². The number of carbonyl (C=O) groups is 1. The van der Waals surface area contributed by atoms with E-state index in [1.807, 2.05) is 24.3 Å². The van der Waals surface area contributed by atoms with Crippen molar-refractivity contribution < 1.29 is 14.3 Å². The van der Waals surface area contributed by atoms with Gasteiger partial charge in [-0.25, -0.2) is 4.79 Å².